The molecule has 29 heavy (non-hydrogen) atoms. The van der Waals surface area contributed by atoms with Gasteiger partial charge in [0.05, 0.1) is 20.8 Å². The number of hydrogen-bond donors (Lipinski definition) is 2. The van der Waals surface area contributed by atoms with E-state index in [2.05, 4.69) is 10.6 Å². The van der Waals surface area contributed by atoms with Gasteiger partial charge in [0.15, 0.2) is 5.11 Å². The van der Waals surface area contributed by atoms with Crippen molar-refractivity contribution in [1.82, 2.24) is 5.32 Å². The van der Waals surface area contributed by atoms with Crippen LogP contribution in [-0.4, -0.2) is 11.0 Å². The molecule has 1 aromatic heterocycles. The van der Waals surface area contributed by atoms with Gasteiger partial charge in [-0.05, 0) is 66.8 Å². The van der Waals surface area contributed by atoms with Crippen LogP contribution in [0.25, 0.3) is 17.4 Å². The molecule has 0 saturated heterocycles. The third-order valence-corrected chi connectivity index (χ3v) is 5.14. The molecule has 9 heteroatoms. The molecular weight excluding hydrogens is 474 g/mol. The fraction of sp³-hybridized carbons (Fsp3) is 0. The Morgan fingerprint density at radius 1 is 0.931 bits per heavy atom. The number of anilines is 1. The first-order valence-electron chi connectivity index (χ1n) is 8.12. The van der Waals surface area contributed by atoms with Gasteiger partial charge in [-0.25, -0.2) is 0 Å². The minimum absolute atomic E-state index is 0.0567. The van der Waals surface area contributed by atoms with E-state index in [0.29, 0.717) is 37.3 Å². The number of furan rings is 1. The maximum atomic E-state index is 12.1. The highest BCUT2D eigenvalue weighted by Crippen LogP contribution is 2.32. The molecule has 2 aromatic carbocycles. The molecule has 0 radical (unpaired) electrons. The van der Waals surface area contributed by atoms with E-state index in [4.69, 9.17) is 63.0 Å². The largest absolute Gasteiger partial charge is 0.457 e. The van der Waals surface area contributed by atoms with E-state index >= 15 is 0 Å². The number of amides is 1. The number of carbonyl (C=O) groups is 1. The summed E-state index contributed by atoms with van der Waals surface area (Å²) in [5, 5.41) is 6.94. The number of benzene rings is 2. The Hall–Kier alpha value is -2.02. The number of thiocarbonyl (C=S) groups is 1. The Kier molecular flexibility index (Phi) is 7.22. The van der Waals surface area contributed by atoms with Gasteiger partial charge in [-0.3, -0.25) is 10.1 Å². The number of hydrogen-bond acceptors (Lipinski definition) is 3. The Balaban J connectivity index is 1.59. The first-order chi connectivity index (χ1) is 13.8. The van der Waals surface area contributed by atoms with Crippen molar-refractivity contribution in [2.75, 3.05) is 5.32 Å². The molecule has 4 nitrogen and oxygen atoms in total. The van der Waals surface area contributed by atoms with Crippen LogP contribution in [0.3, 0.4) is 0 Å². The van der Waals surface area contributed by atoms with E-state index in [9.17, 15) is 4.79 Å². The van der Waals surface area contributed by atoms with Crippen LogP contribution in [0.1, 0.15) is 5.76 Å². The van der Waals surface area contributed by atoms with E-state index in [1.807, 2.05) is 12.1 Å². The Bertz CT molecular complexity index is 1090. The van der Waals surface area contributed by atoms with Crippen LogP contribution in [0.2, 0.25) is 20.1 Å². The van der Waals surface area contributed by atoms with Crippen LogP contribution in [-0.2, 0) is 4.79 Å². The van der Waals surface area contributed by atoms with E-state index < -0.39 is 5.91 Å². The zero-order chi connectivity index (χ0) is 21.0. The lowest BCUT2D eigenvalue weighted by molar-refractivity contribution is -0.115. The number of carbonyl (C=O) groups excluding carboxylic acids is 1. The van der Waals surface area contributed by atoms with Gasteiger partial charge in [-0.1, -0.05) is 46.4 Å². The second-order valence-corrected chi connectivity index (χ2v) is 7.80. The zero-order valence-electron chi connectivity index (χ0n) is 14.5. The van der Waals surface area contributed by atoms with Gasteiger partial charge in [0.1, 0.15) is 11.5 Å². The fourth-order valence-corrected chi connectivity index (χ4v) is 3.23. The molecule has 0 aliphatic heterocycles. The van der Waals surface area contributed by atoms with Crippen LogP contribution in [0.15, 0.2) is 59.0 Å². The maximum Gasteiger partial charge on any atom is 0.250 e. The minimum Gasteiger partial charge on any atom is -0.457 e. The maximum absolute atomic E-state index is 12.1. The van der Waals surface area contributed by atoms with Crippen LogP contribution >= 0.6 is 58.6 Å². The van der Waals surface area contributed by atoms with Gasteiger partial charge < -0.3 is 9.73 Å². The first-order valence-corrected chi connectivity index (χ1v) is 10.0. The SMILES string of the molecule is O=C(C=Cc1ccc(-c2ccc(Cl)cc2)o1)NC(=S)Nc1cc(Cl)c(Cl)cc1Cl. The van der Waals surface area contributed by atoms with Gasteiger partial charge >= 0.3 is 0 Å². The quantitative estimate of drug-likeness (QED) is 0.235. The van der Waals surface area contributed by atoms with E-state index in [-0.39, 0.29) is 5.11 Å². The molecule has 0 saturated carbocycles. The molecule has 148 valence electrons. The number of rotatable bonds is 4. The molecule has 3 rings (SSSR count). The second-order valence-electron chi connectivity index (χ2n) is 5.73. The average Bonchev–Trinajstić information content (AvgIpc) is 3.14. The van der Waals surface area contributed by atoms with Gasteiger partial charge in [0, 0.05) is 16.7 Å². The normalized spacial score (nSPS) is 10.9. The summed E-state index contributed by atoms with van der Waals surface area (Å²) in [5.41, 5.74) is 1.30. The van der Waals surface area contributed by atoms with Crippen LogP contribution in [0.4, 0.5) is 5.69 Å². The highest BCUT2D eigenvalue weighted by atomic mass is 35.5. The lowest BCUT2D eigenvalue weighted by Crippen LogP contribution is -2.32. The third kappa shape index (κ3) is 5.98. The summed E-state index contributed by atoms with van der Waals surface area (Å²) in [4.78, 5) is 12.1. The summed E-state index contributed by atoms with van der Waals surface area (Å²) >= 11 is 28.9. The molecule has 2 N–H and O–H groups in total. The van der Waals surface area contributed by atoms with Gasteiger partial charge in [-0.2, -0.15) is 0 Å². The van der Waals surface area contributed by atoms with Crippen molar-refractivity contribution in [2.24, 2.45) is 0 Å². The molecule has 0 fully saturated rings. The molecular formula is C20H12Cl4N2O2S. The van der Waals surface area contributed by atoms with Gasteiger partial charge in [-0.15, -0.1) is 0 Å². The second kappa shape index (κ2) is 9.65. The third-order valence-electron chi connectivity index (χ3n) is 3.65. The van der Waals surface area contributed by atoms with Crippen molar-refractivity contribution < 1.29 is 9.21 Å². The lowest BCUT2D eigenvalue weighted by atomic mass is 10.2. The molecule has 0 spiro atoms. The number of halogens is 4. The molecule has 3 aromatic rings. The van der Waals surface area contributed by atoms with E-state index in [0.717, 1.165) is 5.56 Å². The van der Waals surface area contributed by atoms with Crippen LogP contribution in [0, 0.1) is 0 Å². The fourth-order valence-electron chi connectivity index (χ4n) is 2.30. The average molecular weight is 486 g/mol. The topological polar surface area (TPSA) is 54.3 Å². The Morgan fingerprint density at radius 2 is 1.62 bits per heavy atom. The molecule has 0 bridgehead atoms. The number of nitrogens with one attached hydrogen (secondary N) is 2. The molecule has 0 atom stereocenters. The minimum atomic E-state index is -0.442. The van der Waals surface area contributed by atoms with Crippen LogP contribution in [0.5, 0.6) is 0 Å². The summed E-state index contributed by atoms with van der Waals surface area (Å²) in [6, 6.07) is 13.8. The summed E-state index contributed by atoms with van der Waals surface area (Å²) < 4.78 is 5.70. The van der Waals surface area contributed by atoms with Crippen molar-refractivity contribution in [3.63, 3.8) is 0 Å². The van der Waals surface area contributed by atoms with Crippen molar-refractivity contribution >= 4 is 81.4 Å². The molecule has 0 unspecified atom stereocenters. The zero-order valence-corrected chi connectivity index (χ0v) is 18.4. The van der Waals surface area contributed by atoms with Crippen LogP contribution < -0.4 is 10.6 Å². The van der Waals surface area contributed by atoms with Gasteiger partial charge in [0.25, 0.3) is 0 Å². The molecule has 1 heterocycles. The predicted molar refractivity (Wildman–Crippen MR) is 124 cm³/mol. The molecule has 1 amide bonds. The van der Waals surface area contributed by atoms with Gasteiger partial charge in [0.2, 0.25) is 5.91 Å². The summed E-state index contributed by atoms with van der Waals surface area (Å²) in [7, 11) is 0. The standard InChI is InChI=1S/C20H12Cl4N2O2S/c21-12-3-1-11(2-4-12)18-7-5-13(28-18)6-8-19(27)26-20(29)25-17-10-15(23)14(22)9-16(17)24/h1-10H,(H2,25,26,27,29). The summed E-state index contributed by atoms with van der Waals surface area (Å²) in [6.45, 7) is 0. The van der Waals surface area contributed by atoms with E-state index in [1.54, 1.807) is 24.3 Å². The Morgan fingerprint density at radius 3 is 2.34 bits per heavy atom. The van der Waals surface area contributed by atoms with Crippen molar-refractivity contribution in [3.05, 3.63) is 80.5 Å². The highest BCUT2D eigenvalue weighted by molar-refractivity contribution is 7.80. The summed E-state index contributed by atoms with van der Waals surface area (Å²) in [5.74, 6) is 0.729. The lowest BCUT2D eigenvalue weighted by Gasteiger charge is -2.10. The van der Waals surface area contributed by atoms with Crippen molar-refractivity contribution in [2.45, 2.75) is 0 Å². The monoisotopic (exact) mass is 484 g/mol. The summed E-state index contributed by atoms with van der Waals surface area (Å²) in [6.07, 6.45) is 2.83. The molecule has 0 aliphatic carbocycles. The van der Waals surface area contributed by atoms with Crippen molar-refractivity contribution in [1.29, 1.82) is 0 Å². The van der Waals surface area contributed by atoms with E-state index in [1.165, 1.54) is 24.3 Å². The highest BCUT2D eigenvalue weighted by Gasteiger charge is 2.09. The Labute approximate surface area is 192 Å². The van der Waals surface area contributed by atoms with Crippen molar-refractivity contribution in [3.8, 4) is 11.3 Å². The molecule has 0 aliphatic rings. The first kappa shape index (κ1) is 21.7. The smallest absolute Gasteiger partial charge is 0.250 e. The predicted octanol–water partition coefficient (Wildman–Crippen LogP) is 7.09.